The third-order valence-electron chi connectivity index (χ3n) is 6.61. The molecule has 0 radical (unpaired) electrons. The maximum absolute atomic E-state index is 13.2. The van der Waals surface area contributed by atoms with Crippen molar-refractivity contribution < 1.29 is 19.1 Å². The maximum atomic E-state index is 13.2. The van der Waals surface area contributed by atoms with Gasteiger partial charge in [-0.15, -0.1) is 0 Å². The number of carbonyl (C=O) groups is 3. The number of likely N-dealkylation sites (tertiary alicyclic amines) is 1. The lowest BCUT2D eigenvalue weighted by Gasteiger charge is -2.32. The molecular formula is C23H30N2O4. The van der Waals surface area contributed by atoms with Gasteiger partial charge in [0.1, 0.15) is 0 Å². The highest BCUT2D eigenvalue weighted by Gasteiger charge is 2.37. The van der Waals surface area contributed by atoms with Crippen LogP contribution in [0.15, 0.2) is 18.2 Å². The van der Waals surface area contributed by atoms with E-state index >= 15 is 0 Å². The summed E-state index contributed by atoms with van der Waals surface area (Å²) in [5.74, 6) is -0.386. The second kappa shape index (κ2) is 8.56. The van der Waals surface area contributed by atoms with Crippen LogP contribution in [0.2, 0.25) is 0 Å². The van der Waals surface area contributed by atoms with Crippen LogP contribution < -0.4 is 0 Å². The van der Waals surface area contributed by atoms with Crippen molar-refractivity contribution >= 4 is 17.8 Å². The van der Waals surface area contributed by atoms with E-state index < -0.39 is 0 Å². The molecule has 4 rings (SSSR count). The molecule has 2 aliphatic heterocycles. The van der Waals surface area contributed by atoms with E-state index in [1.54, 1.807) is 17.9 Å². The average molecular weight is 399 g/mol. The Morgan fingerprint density at radius 3 is 2.48 bits per heavy atom. The van der Waals surface area contributed by atoms with E-state index in [1.807, 2.05) is 17.0 Å². The lowest BCUT2D eigenvalue weighted by atomic mass is 9.94. The zero-order valence-corrected chi connectivity index (χ0v) is 17.2. The number of hydrogen-bond donors (Lipinski definition) is 0. The minimum absolute atomic E-state index is 0.0114. The summed E-state index contributed by atoms with van der Waals surface area (Å²) in [6.45, 7) is 3.85. The molecule has 2 heterocycles. The fraction of sp³-hybridized carbons (Fsp3) is 0.609. The Bertz CT molecular complexity index is 792. The van der Waals surface area contributed by atoms with E-state index in [9.17, 15) is 14.4 Å². The molecule has 2 amide bonds. The Hall–Kier alpha value is -2.37. The van der Waals surface area contributed by atoms with Gasteiger partial charge in [0, 0.05) is 25.7 Å². The summed E-state index contributed by atoms with van der Waals surface area (Å²) in [4.78, 5) is 42.2. The molecule has 1 aliphatic carbocycles. The van der Waals surface area contributed by atoms with Gasteiger partial charge in [-0.2, -0.15) is 0 Å². The number of ether oxygens (including phenoxy) is 1. The molecule has 0 atom stereocenters. The van der Waals surface area contributed by atoms with Crippen LogP contribution in [0.5, 0.6) is 0 Å². The Kier molecular flexibility index (Phi) is 5.88. The summed E-state index contributed by atoms with van der Waals surface area (Å²) in [6, 6.07) is 5.93. The molecule has 1 aromatic rings. The summed E-state index contributed by atoms with van der Waals surface area (Å²) >= 11 is 0. The number of esters is 1. The first-order chi connectivity index (χ1) is 14.1. The number of hydrogen-bond acceptors (Lipinski definition) is 4. The lowest BCUT2D eigenvalue weighted by Crippen LogP contribution is -2.41. The van der Waals surface area contributed by atoms with Crippen LogP contribution in [0.1, 0.15) is 78.1 Å². The van der Waals surface area contributed by atoms with Gasteiger partial charge in [0.05, 0.1) is 23.7 Å². The van der Waals surface area contributed by atoms with Crippen molar-refractivity contribution in [3.05, 3.63) is 34.9 Å². The Morgan fingerprint density at radius 1 is 1.07 bits per heavy atom. The Labute approximate surface area is 172 Å². The third-order valence-corrected chi connectivity index (χ3v) is 6.61. The zero-order valence-electron chi connectivity index (χ0n) is 17.2. The van der Waals surface area contributed by atoms with E-state index in [-0.39, 0.29) is 23.7 Å². The largest absolute Gasteiger partial charge is 0.466 e. The second-order valence-corrected chi connectivity index (χ2v) is 8.38. The quantitative estimate of drug-likeness (QED) is 0.729. The van der Waals surface area contributed by atoms with Crippen LogP contribution in [0.25, 0.3) is 0 Å². The van der Waals surface area contributed by atoms with E-state index in [0.29, 0.717) is 56.3 Å². The molecule has 3 aliphatic rings. The number of benzene rings is 1. The number of rotatable bonds is 4. The molecule has 2 fully saturated rings. The molecule has 0 spiro atoms. The highest BCUT2D eigenvalue weighted by Crippen LogP contribution is 2.33. The van der Waals surface area contributed by atoms with E-state index in [2.05, 4.69) is 0 Å². The molecule has 6 heteroatoms. The maximum Gasteiger partial charge on any atom is 0.309 e. The smallest absolute Gasteiger partial charge is 0.309 e. The zero-order chi connectivity index (χ0) is 20.4. The van der Waals surface area contributed by atoms with Gasteiger partial charge in [0.25, 0.3) is 11.8 Å². The van der Waals surface area contributed by atoms with Crippen molar-refractivity contribution in [1.29, 1.82) is 0 Å². The predicted molar refractivity (Wildman–Crippen MR) is 108 cm³/mol. The van der Waals surface area contributed by atoms with E-state index in [4.69, 9.17) is 4.74 Å². The molecule has 0 bridgehead atoms. The van der Waals surface area contributed by atoms with Gasteiger partial charge in [-0.05, 0) is 44.2 Å². The van der Waals surface area contributed by atoms with Gasteiger partial charge in [-0.25, -0.2) is 0 Å². The minimum Gasteiger partial charge on any atom is -0.466 e. The van der Waals surface area contributed by atoms with Gasteiger partial charge in [0.15, 0.2) is 0 Å². The van der Waals surface area contributed by atoms with Crippen LogP contribution >= 0.6 is 0 Å². The molecule has 156 valence electrons. The van der Waals surface area contributed by atoms with E-state index in [1.165, 1.54) is 19.3 Å². The first kappa shape index (κ1) is 19.9. The lowest BCUT2D eigenvalue weighted by molar-refractivity contribution is -0.149. The fourth-order valence-electron chi connectivity index (χ4n) is 5.00. The molecule has 1 saturated carbocycles. The predicted octanol–water partition coefficient (Wildman–Crippen LogP) is 3.39. The van der Waals surface area contributed by atoms with Gasteiger partial charge in [0.2, 0.25) is 0 Å². The average Bonchev–Trinajstić information content (AvgIpc) is 3.11. The van der Waals surface area contributed by atoms with Gasteiger partial charge < -0.3 is 14.5 Å². The number of nitrogens with zero attached hydrogens (tertiary/aromatic N) is 2. The van der Waals surface area contributed by atoms with Crippen LogP contribution in [0.3, 0.4) is 0 Å². The first-order valence-corrected chi connectivity index (χ1v) is 11.0. The second-order valence-electron chi connectivity index (χ2n) is 8.38. The molecule has 1 aromatic carbocycles. The van der Waals surface area contributed by atoms with Crippen LogP contribution in [-0.2, 0) is 16.1 Å². The molecule has 0 unspecified atom stereocenters. The number of carbonyl (C=O) groups excluding carboxylic acids is 3. The summed E-state index contributed by atoms with van der Waals surface area (Å²) < 4.78 is 5.11. The van der Waals surface area contributed by atoms with Gasteiger partial charge in [-0.1, -0.05) is 31.4 Å². The third kappa shape index (κ3) is 3.89. The van der Waals surface area contributed by atoms with Crippen molar-refractivity contribution in [1.82, 2.24) is 9.80 Å². The molecular weight excluding hydrogens is 368 g/mol. The number of fused-ring (bicyclic) bond motifs is 1. The standard InChI is InChI=1S/C23H30N2O4/c1-2-29-23(28)16-11-13-24(14-12-16)21(26)19-10-6-7-17-15-25(22(27)20(17)19)18-8-4-3-5-9-18/h6-7,10,16,18H,2-5,8-9,11-15H2,1H3. The highest BCUT2D eigenvalue weighted by molar-refractivity contribution is 6.09. The van der Waals surface area contributed by atoms with Crippen LogP contribution in [-0.4, -0.2) is 53.3 Å². The molecule has 0 aromatic heterocycles. The molecule has 0 N–H and O–H groups in total. The summed E-state index contributed by atoms with van der Waals surface area (Å²) in [5.41, 5.74) is 2.07. The summed E-state index contributed by atoms with van der Waals surface area (Å²) in [5, 5.41) is 0. The normalized spacial score (nSPS) is 20.7. The minimum atomic E-state index is -0.168. The van der Waals surface area contributed by atoms with Crippen molar-refractivity contribution in [3.8, 4) is 0 Å². The fourth-order valence-corrected chi connectivity index (χ4v) is 5.00. The van der Waals surface area contributed by atoms with Crippen molar-refractivity contribution in [3.63, 3.8) is 0 Å². The first-order valence-electron chi connectivity index (χ1n) is 11.0. The molecule has 29 heavy (non-hydrogen) atoms. The van der Waals surface area contributed by atoms with Crippen LogP contribution in [0, 0.1) is 5.92 Å². The van der Waals surface area contributed by atoms with Crippen molar-refractivity contribution in [2.45, 2.75) is 64.5 Å². The van der Waals surface area contributed by atoms with E-state index in [0.717, 1.165) is 18.4 Å². The van der Waals surface area contributed by atoms with Crippen molar-refractivity contribution in [2.24, 2.45) is 5.92 Å². The number of amides is 2. The highest BCUT2D eigenvalue weighted by atomic mass is 16.5. The Morgan fingerprint density at radius 2 is 1.79 bits per heavy atom. The SMILES string of the molecule is CCOC(=O)C1CCN(C(=O)c2cccc3c2C(=O)N(C2CCCCC2)C3)CC1. The Balaban J connectivity index is 1.47. The van der Waals surface area contributed by atoms with Crippen LogP contribution in [0.4, 0.5) is 0 Å². The monoisotopic (exact) mass is 398 g/mol. The summed E-state index contributed by atoms with van der Waals surface area (Å²) in [6.07, 6.45) is 6.94. The topological polar surface area (TPSA) is 66.9 Å². The van der Waals surface area contributed by atoms with Gasteiger partial charge >= 0.3 is 5.97 Å². The summed E-state index contributed by atoms with van der Waals surface area (Å²) in [7, 11) is 0. The number of piperidine rings is 1. The van der Waals surface area contributed by atoms with Gasteiger partial charge in [-0.3, -0.25) is 14.4 Å². The molecule has 1 saturated heterocycles. The van der Waals surface area contributed by atoms with Crippen molar-refractivity contribution in [2.75, 3.05) is 19.7 Å². The molecule has 6 nitrogen and oxygen atoms in total.